The van der Waals surface area contributed by atoms with Crippen LogP contribution in [0.15, 0.2) is 59.5 Å². The summed E-state index contributed by atoms with van der Waals surface area (Å²) in [6.07, 6.45) is 1.51. The number of nitrogens with one attached hydrogen (secondary N) is 1. The highest BCUT2D eigenvalue weighted by Gasteiger charge is 2.12. The van der Waals surface area contributed by atoms with E-state index in [4.69, 9.17) is 0 Å². The first-order valence-corrected chi connectivity index (χ1v) is 6.69. The number of hydrogen-bond donors (Lipinski definition) is 1. The van der Waals surface area contributed by atoms with E-state index < -0.39 is 5.56 Å². The van der Waals surface area contributed by atoms with Gasteiger partial charge in [0.1, 0.15) is 11.4 Å². The van der Waals surface area contributed by atoms with Crippen molar-refractivity contribution in [2.45, 2.75) is 6.42 Å². The molecule has 0 aliphatic rings. The van der Waals surface area contributed by atoms with Crippen LogP contribution in [-0.2, 0) is 6.42 Å². The molecule has 0 amide bonds. The largest absolute Gasteiger partial charge is 0.302 e. The lowest BCUT2D eigenvalue weighted by atomic mass is 10.1. The minimum Gasteiger partial charge on any atom is -0.302 e. The Bertz CT molecular complexity index is 845. The summed E-state index contributed by atoms with van der Waals surface area (Å²) in [4.78, 5) is 30.8. The Balaban J connectivity index is 1.85. The van der Waals surface area contributed by atoms with Crippen LogP contribution in [0.1, 0.15) is 16.1 Å². The predicted molar refractivity (Wildman–Crippen MR) is 80.4 cm³/mol. The minimum absolute atomic E-state index is 0.0884. The summed E-state index contributed by atoms with van der Waals surface area (Å²) < 4.78 is 0. The third kappa shape index (κ3) is 2.95. The van der Waals surface area contributed by atoms with E-state index in [1.165, 1.54) is 0 Å². The molecule has 0 unspecified atom stereocenters. The van der Waals surface area contributed by atoms with Crippen LogP contribution < -0.4 is 5.56 Å². The summed E-state index contributed by atoms with van der Waals surface area (Å²) in [6, 6.07) is 14.0. The van der Waals surface area contributed by atoms with Gasteiger partial charge in [0.25, 0.3) is 5.56 Å². The summed E-state index contributed by atoms with van der Waals surface area (Å²) in [6.45, 7) is 0. The predicted octanol–water partition coefficient (Wildman–Crippen LogP) is 1.65. The fourth-order valence-corrected chi connectivity index (χ4v) is 1.97. The molecule has 0 fully saturated rings. The summed E-state index contributed by atoms with van der Waals surface area (Å²) in [7, 11) is 0. The quantitative estimate of drug-likeness (QED) is 0.739. The van der Waals surface area contributed by atoms with Crippen molar-refractivity contribution in [2.24, 2.45) is 0 Å². The van der Waals surface area contributed by atoms with E-state index in [2.05, 4.69) is 20.2 Å². The van der Waals surface area contributed by atoms with Gasteiger partial charge in [0, 0.05) is 11.8 Å². The second kappa shape index (κ2) is 6.09. The fourth-order valence-electron chi connectivity index (χ4n) is 1.97. The molecule has 1 aromatic carbocycles. The van der Waals surface area contributed by atoms with Crippen molar-refractivity contribution in [3.63, 3.8) is 0 Å². The van der Waals surface area contributed by atoms with E-state index >= 15 is 0 Å². The molecule has 0 saturated carbocycles. The van der Waals surface area contributed by atoms with E-state index in [-0.39, 0.29) is 23.7 Å². The number of carbonyl (C=O) groups is 1. The van der Waals surface area contributed by atoms with Gasteiger partial charge >= 0.3 is 0 Å². The van der Waals surface area contributed by atoms with Gasteiger partial charge in [-0.05, 0) is 12.1 Å². The number of pyridine rings is 1. The summed E-state index contributed by atoms with van der Waals surface area (Å²) in [5.41, 5.74) is 0.721. The topological polar surface area (TPSA) is 88.6 Å². The van der Waals surface area contributed by atoms with Crippen molar-refractivity contribution in [2.75, 3.05) is 0 Å². The molecule has 6 nitrogen and oxygen atoms in total. The molecule has 0 aliphatic carbocycles. The molecule has 3 rings (SSSR count). The molecule has 2 aromatic heterocycles. The number of benzene rings is 1. The van der Waals surface area contributed by atoms with Gasteiger partial charge in [-0.3, -0.25) is 14.6 Å². The van der Waals surface area contributed by atoms with Crippen LogP contribution in [0.2, 0.25) is 0 Å². The zero-order valence-corrected chi connectivity index (χ0v) is 11.6. The summed E-state index contributed by atoms with van der Waals surface area (Å²) >= 11 is 0. The lowest BCUT2D eigenvalue weighted by Crippen LogP contribution is -2.21. The molecule has 6 heteroatoms. The molecule has 0 bridgehead atoms. The Morgan fingerprint density at radius 3 is 2.45 bits per heavy atom. The molecular weight excluding hydrogens is 280 g/mol. The summed E-state index contributed by atoms with van der Waals surface area (Å²) in [5, 5.41) is 7.80. The minimum atomic E-state index is -0.431. The number of carbonyl (C=O) groups excluding carboxylic acids is 1. The van der Waals surface area contributed by atoms with Crippen molar-refractivity contribution >= 4 is 5.78 Å². The van der Waals surface area contributed by atoms with Crippen LogP contribution in [0.4, 0.5) is 0 Å². The number of hydrogen-bond acceptors (Lipinski definition) is 5. The normalized spacial score (nSPS) is 10.4. The highest BCUT2D eigenvalue weighted by Crippen LogP contribution is 2.08. The lowest BCUT2D eigenvalue weighted by molar-refractivity contribution is 0.0991. The Labute approximate surface area is 125 Å². The van der Waals surface area contributed by atoms with Crippen molar-refractivity contribution in [1.82, 2.24) is 20.2 Å². The van der Waals surface area contributed by atoms with Gasteiger partial charge in [0.2, 0.25) is 0 Å². The van der Waals surface area contributed by atoms with Gasteiger partial charge in [-0.15, -0.1) is 10.2 Å². The van der Waals surface area contributed by atoms with E-state index in [0.717, 1.165) is 0 Å². The molecule has 0 radical (unpaired) electrons. The zero-order valence-electron chi connectivity index (χ0n) is 11.6. The van der Waals surface area contributed by atoms with Gasteiger partial charge in [0.05, 0.1) is 6.42 Å². The Morgan fingerprint density at radius 2 is 1.77 bits per heavy atom. The molecule has 1 N–H and O–H groups in total. The van der Waals surface area contributed by atoms with Gasteiger partial charge in [0.15, 0.2) is 11.6 Å². The van der Waals surface area contributed by atoms with Crippen LogP contribution >= 0.6 is 0 Å². The number of H-pyrrole nitrogens is 1. The second-order valence-corrected chi connectivity index (χ2v) is 4.63. The molecule has 0 aliphatic heterocycles. The third-order valence-corrected chi connectivity index (χ3v) is 3.10. The molecular formula is C16H12N4O2. The lowest BCUT2D eigenvalue weighted by Gasteiger charge is -2.02. The van der Waals surface area contributed by atoms with Gasteiger partial charge < -0.3 is 4.98 Å². The first kappa shape index (κ1) is 13.8. The molecule has 0 saturated heterocycles. The average Bonchev–Trinajstić information content (AvgIpc) is 2.58. The van der Waals surface area contributed by atoms with Crippen molar-refractivity contribution in [3.8, 4) is 11.5 Å². The van der Waals surface area contributed by atoms with Crippen molar-refractivity contribution in [1.29, 1.82) is 0 Å². The molecule has 22 heavy (non-hydrogen) atoms. The maximum absolute atomic E-state index is 12.1. The highest BCUT2D eigenvalue weighted by molar-refractivity contribution is 5.97. The molecule has 2 heterocycles. The average molecular weight is 292 g/mol. The second-order valence-electron chi connectivity index (χ2n) is 4.63. The first-order chi connectivity index (χ1) is 10.7. The van der Waals surface area contributed by atoms with E-state index in [9.17, 15) is 9.59 Å². The van der Waals surface area contributed by atoms with Gasteiger partial charge in [-0.1, -0.05) is 36.4 Å². The number of rotatable bonds is 4. The molecule has 0 atom stereocenters. The first-order valence-electron chi connectivity index (χ1n) is 6.69. The van der Waals surface area contributed by atoms with E-state index in [0.29, 0.717) is 11.3 Å². The smallest absolute Gasteiger partial charge is 0.273 e. The number of Topliss-reactive ketones (excluding diaryl/α,β-unsaturated/α-hetero) is 1. The number of ketones is 1. The third-order valence-electron chi connectivity index (χ3n) is 3.10. The van der Waals surface area contributed by atoms with E-state index in [1.807, 2.05) is 6.07 Å². The van der Waals surface area contributed by atoms with Crippen LogP contribution in [0.3, 0.4) is 0 Å². The van der Waals surface area contributed by atoms with Crippen molar-refractivity contribution in [3.05, 3.63) is 76.3 Å². The maximum Gasteiger partial charge on any atom is 0.273 e. The fraction of sp³-hybridized carbons (Fsp3) is 0.0625. The monoisotopic (exact) mass is 292 g/mol. The number of aromatic amines is 1. The molecule has 108 valence electrons. The summed E-state index contributed by atoms with van der Waals surface area (Å²) in [5.74, 6) is 0.104. The highest BCUT2D eigenvalue weighted by atomic mass is 16.1. The molecule has 3 aromatic rings. The van der Waals surface area contributed by atoms with Crippen LogP contribution in [-0.4, -0.2) is 25.9 Å². The Kier molecular flexibility index (Phi) is 3.82. The number of aromatic nitrogens is 4. The van der Waals surface area contributed by atoms with Crippen LogP contribution in [0.5, 0.6) is 0 Å². The van der Waals surface area contributed by atoms with Crippen LogP contribution in [0, 0.1) is 0 Å². The van der Waals surface area contributed by atoms with Gasteiger partial charge in [-0.25, -0.2) is 0 Å². The molecule has 0 spiro atoms. The Morgan fingerprint density at radius 1 is 1.00 bits per heavy atom. The van der Waals surface area contributed by atoms with E-state index in [1.54, 1.807) is 48.7 Å². The van der Waals surface area contributed by atoms with Gasteiger partial charge in [-0.2, -0.15) is 0 Å². The standard InChI is InChI=1S/C16H12N4O2/c21-14(11-6-2-1-3-7-11)10-13-16(22)18-15(20-19-13)12-8-4-5-9-17-12/h1-9H,10H2,(H,18,20,22). The Hall–Kier alpha value is -3.15. The van der Waals surface area contributed by atoms with Crippen molar-refractivity contribution < 1.29 is 4.79 Å². The zero-order chi connectivity index (χ0) is 15.4. The van der Waals surface area contributed by atoms with Crippen LogP contribution in [0.25, 0.3) is 11.5 Å². The number of nitrogens with zero attached hydrogens (tertiary/aromatic N) is 3. The SMILES string of the molecule is O=C(Cc1nnc(-c2ccccn2)[nH]c1=O)c1ccccc1. The maximum atomic E-state index is 12.1.